The fourth-order valence-corrected chi connectivity index (χ4v) is 3.13. The molecular formula is C13H17F2N3. The molecule has 2 saturated heterocycles. The molecule has 1 aromatic heterocycles. The van der Waals surface area contributed by atoms with Crippen LogP contribution in [-0.2, 0) is 0 Å². The smallest absolute Gasteiger partial charge is 0.168 e. The van der Waals surface area contributed by atoms with Crippen LogP contribution < -0.4 is 10.2 Å². The molecule has 2 aliphatic heterocycles. The zero-order valence-corrected chi connectivity index (χ0v) is 10.2. The molecule has 2 atom stereocenters. The van der Waals surface area contributed by atoms with Gasteiger partial charge in [0.05, 0.1) is 6.20 Å². The predicted molar refractivity (Wildman–Crippen MR) is 65.5 cm³/mol. The first-order valence-electron chi connectivity index (χ1n) is 6.57. The van der Waals surface area contributed by atoms with E-state index in [2.05, 4.69) is 10.3 Å². The second-order valence-corrected chi connectivity index (χ2v) is 5.06. The van der Waals surface area contributed by atoms with Gasteiger partial charge in [0.1, 0.15) is 5.82 Å². The Kier molecular flexibility index (Phi) is 3.16. The van der Waals surface area contributed by atoms with Gasteiger partial charge in [-0.2, -0.15) is 0 Å². The second-order valence-electron chi connectivity index (χ2n) is 5.06. The largest absolute Gasteiger partial charge is 0.350 e. The summed E-state index contributed by atoms with van der Waals surface area (Å²) in [6.45, 7) is 1.84. The fraction of sp³-hybridized carbons (Fsp3) is 0.615. The van der Waals surface area contributed by atoms with Crippen molar-refractivity contribution in [2.75, 3.05) is 18.0 Å². The lowest BCUT2D eigenvalue weighted by molar-refractivity contribution is 0.473. The summed E-state index contributed by atoms with van der Waals surface area (Å²) in [6, 6.07) is 1.62. The van der Waals surface area contributed by atoms with Gasteiger partial charge in [0, 0.05) is 24.7 Å². The van der Waals surface area contributed by atoms with Gasteiger partial charge in [0.2, 0.25) is 0 Å². The number of nitrogens with zero attached hydrogens (tertiary/aromatic N) is 2. The number of anilines is 1. The van der Waals surface area contributed by atoms with Crippen LogP contribution in [0.1, 0.15) is 25.7 Å². The predicted octanol–water partition coefficient (Wildman–Crippen LogP) is 2.08. The summed E-state index contributed by atoms with van der Waals surface area (Å²) >= 11 is 0. The van der Waals surface area contributed by atoms with E-state index in [1.165, 1.54) is 6.42 Å². The highest BCUT2D eigenvalue weighted by molar-refractivity contribution is 5.43. The summed E-state index contributed by atoms with van der Waals surface area (Å²) in [6.07, 6.45) is 5.49. The topological polar surface area (TPSA) is 28.2 Å². The monoisotopic (exact) mass is 253 g/mol. The number of rotatable bonds is 2. The highest BCUT2D eigenvalue weighted by Gasteiger charge is 2.35. The first-order chi connectivity index (χ1) is 8.75. The lowest BCUT2D eigenvalue weighted by Crippen LogP contribution is -2.44. The summed E-state index contributed by atoms with van der Waals surface area (Å²) in [5.41, 5.74) is 0. The Morgan fingerprint density at radius 1 is 1.28 bits per heavy atom. The van der Waals surface area contributed by atoms with Crippen LogP contribution in [0.25, 0.3) is 0 Å². The molecule has 0 aliphatic carbocycles. The SMILES string of the molecule is Fc1cnc(N2CCCC2C2CCCN2)c(F)c1. The summed E-state index contributed by atoms with van der Waals surface area (Å²) < 4.78 is 26.7. The Balaban J connectivity index is 1.85. The molecule has 0 amide bonds. The summed E-state index contributed by atoms with van der Waals surface area (Å²) in [5.74, 6) is -0.876. The first kappa shape index (κ1) is 11.8. The minimum atomic E-state index is -0.619. The van der Waals surface area contributed by atoms with E-state index < -0.39 is 11.6 Å². The molecule has 0 aromatic carbocycles. The molecule has 2 unspecified atom stereocenters. The van der Waals surface area contributed by atoms with Gasteiger partial charge >= 0.3 is 0 Å². The van der Waals surface area contributed by atoms with Gasteiger partial charge in [0.15, 0.2) is 11.6 Å². The van der Waals surface area contributed by atoms with E-state index in [0.29, 0.717) is 17.9 Å². The van der Waals surface area contributed by atoms with Crippen LogP contribution in [0.5, 0.6) is 0 Å². The van der Waals surface area contributed by atoms with E-state index in [-0.39, 0.29) is 0 Å². The molecule has 2 aliphatic rings. The maximum Gasteiger partial charge on any atom is 0.168 e. The van der Waals surface area contributed by atoms with Gasteiger partial charge in [-0.1, -0.05) is 0 Å². The van der Waals surface area contributed by atoms with E-state index in [1.807, 2.05) is 4.90 Å². The summed E-state index contributed by atoms with van der Waals surface area (Å²) in [7, 11) is 0. The van der Waals surface area contributed by atoms with Gasteiger partial charge in [-0.25, -0.2) is 13.8 Å². The van der Waals surface area contributed by atoms with Crippen molar-refractivity contribution in [2.45, 2.75) is 37.8 Å². The lowest BCUT2D eigenvalue weighted by Gasteiger charge is -2.30. The number of hydrogen-bond donors (Lipinski definition) is 1. The third-order valence-corrected chi connectivity index (χ3v) is 3.92. The highest BCUT2D eigenvalue weighted by atomic mass is 19.1. The molecule has 0 spiro atoms. The Morgan fingerprint density at radius 2 is 2.17 bits per heavy atom. The molecule has 2 fully saturated rings. The third kappa shape index (κ3) is 2.07. The molecule has 3 nitrogen and oxygen atoms in total. The van der Waals surface area contributed by atoms with E-state index >= 15 is 0 Å². The Hall–Kier alpha value is -1.23. The lowest BCUT2D eigenvalue weighted by atomic mass is 10.0. The van der Waals surface area contributed by atoms with E-state index in [4.69, 9.17) is 0 Å². The normalized spacial score (nSPS) is 28.0. The Morgan fingerprint density at radius 3 is 2.89 bits per heavy atom. The van der Waals surface area contributed by atoms with Crippen molar-refractivity contribution in [3.63, 3.8) is 0 Å². The second kappa shape index (κ2) is 4.80. The van der Waals surface area contributed by atoms with Gasteiger partial charge in [-0.05, 0) is 32.2 Å². The number of aromatic nitrogens is 1. The average molecular weight is 253 g/mol. The van der Waals surface area contributed by atoms with Gasteiger partial charge in [0.25, 0.3) is 0 Å². The molecule has 3 heterocycles. The highest BCUT2D eigenvalue weighted by Crippen LogP contribution is 2.30. The standard InChI is InChI=1S/C13H17F2N3/c14-9-7-10(15)13(17-8-9)18-6-2-4-12(18)11-3-1-5-16-11/h7-8,11-12,16H,1-6H2. The van der Waals surface area contributed by atoms with Crippen LogP contribution in [0.4, 0.5) is 14.6 Å². The minimum absolute atomic E-state index is 0.292. The molecule has 0 radical (unpaired) electrons. The van der Waals surface area contributed by atoms with Crippen molar-refractivity contribution in [3.8, 4) is 0 Å². The number of halogens is 2. The van der Waals surface area contributed by atoms with Crippen molar-refractivity contribution < 1.29 is 8.78 Å². The van der Waals surface area contributed by atoms with Gasteiger partial charge in [-0.3, -0.25) is 0 Å². The molecule has 0 bridgehead atoms. The molecule has 1 aromatic rings. The van der Waals surface area contributed by atoms with Crippen LogP contribution in [0.3, 0.4) is 0 Å². The Bertz CT molecular complexity index is 432. The summed E-state index contributed by atoms with van der Waals surface area (Å²) in [4.78, 5) is 5.93. The van der Waals surface area contributed by atoms with E-state index in [0.717, 1.165) is 44.6 Å². The summed E-state index contributed by atoms with van der Waals surface area (Å²) in [5, 5.41) is 3.46. The van der Waals surface area contributed by atoms with Crippen LogP contribution in [0, 0.1) is 11.6 Å². The third-order valence-electron chi connectivity index (χ3n) is 3.92. The number of pyridine rings is 1. The molecule has 3 rings (SSSR count). The molecule has 1 N–H and O–H groups in total. The zero-order valence-electron chi connectivity index (χ0n) is 10.2. The maximum atomic E-state index is 13.8. The van der Waals surface area contributed by atoms with Crippen LogP contribution in [-0.4, -0.2) is 30.2 Å². The van der Waals surface area contributed by atoms with Crippen molar-refractivity contribution in [3.05, 3.63) is 23.9 Å². The van der Waals surface area contributed by atoms with Crippen molar-refractivity contribution in [2.24, 2.45) is 0 Å². The number of hydrogen-bond acceptors (Lipinski definition) is 3. The van der Waals surface area contributed by atoms with Crippen molar-refractivity contribution >= 4 is 5.82 Å². The quantitative estimate of drug-likeness (QED) is 0.874. The van der Waals surface area contributed by atoms with Crippen molar-refractivity contribution in [1.82, 2.24) is 10.3 Å². The fourth-order valence-electron chi connectivity index (χ4n) is 3.13. The molecule has 18 heavy (non-hydrogen) atoms. The molecular weight excluding hydrogens is 236 g/mol. The molecule has 98 valence electrons. The van der Waals surface area contributed by atoms with Crippen LogP contribution in [0.15, 0.2) is 12.3 Å². The van der Waals surface area contributed by atoms with Crippen LogP contribution in [0.2, 0.25) is 0 Å². The molecule has 5 heteroatoms. The average Bonchev–Trinajstić information content (AvgIpc) is 2.98. The zero-order chi connectivity index (χ0) is 12.5. The molecule has 0 saturated carbocycles. The van der Waals surface area contributed by atoms with E-state index in [1.54, 1.807) is 0 Å². The number of nitrogens with one attached hydrogen (secondary N) is 1. The van der Waals surface area contributed by atoms with Gasteiger partial charge in [-0.15, -0.1) is 0 Å². The van der Waals surface area contributed by atoms with E-state index in [9.17, 15) is 8.78 Å². The van der Waals surface area contributed by atoms with Crippen LogP contribution >= 0.6 is 0 Å². The minimum Gasteiger partial charge on any atom is -0.350 e. The van der Waals surface area contributed by atoms with Gasteiger partial charge < -0.3 is 10.2 Å². The Labute approximate surface area is 105 Å². The van der Waals surface area contributed by atoms with Crippen molar-refractivity contribution in [1.29, 1.82) is 0 Å². The maximum absolute atomic E-state index is 13.8. The first-order valence-corrected chi connectivity index (χ1v) is 6.57.